The minimum Gasteiger partial charge on any atom is -0.490 e. The fraction of sp³-hybridized carbons (Fsp3) is 0.0667. The van der Waals surface area contributed by atoms with Gasteiger partial charge in [-0.1, -0.05) is 24.3 Å². The highest BCUT2D eigenvalue weighted by atomic mass is 16.5. The fourth-order valence-electron chi connectivity index (χ4n) is 3.32. The maximum atomic E-state index is 10.7. The maximum absolute atomic E-state index is 10.7. The van der Waals surface area contributed by atoms with Crippen molar-refractivity contribution in [2.45, 2.75) is 0 Å². The van der Waals surface area contributed by atoms with Crippen LogP contribution in [0.2, 0.25) is 0 Å². The van der Waals surface area contributed by atoms with Crippen molar-refractivity contribution in [3.63, 3.8) is 0 Å². The highest BCUT2D eigenvalue weighted by molar-refractivity contribution is 5.90. The molecule has 0 fully saturated rings. The number of carboxylic acid groups (broad SMARTS) is 4. The minimum absolute atomic E-state index is 0.196. The Balaban J connectivity index is 0.000000225. The van der Waals surface area contributed by atoms with Gasteiger partial charge in [0, 0.05) is 0 Å². The van der Waals surface area contributed by atoms with Gasteiger partial charge < -0.3 is 29.9 Å². The Hall–Kier alpha value is -5.64. The first-order valence-electron chi connectivity index (χ1n) is 11.7. The third kappa shape index (κ3) is 8.45. The second-order valence-electron chi connectivity index (χ2n) is 8.12. The molecular formula is C30H24O10. The van der Waals surface area contributed by atoms with Crippen molar-refractivity contribution in [2.75, 3.05) is 13.2 Å². The monoisotopic (exact) mass is 544 g/mol. The molecule has 10 heteroatoms. The molecule has 0 aliphatic heterocycles. The van der Waals surface area contributed by atoms with E-state index in [4.69, 9.17) is 29.9 Å². The summed E-state index contributed by atoms with van der Waals surface area (Å²) in [6.45, 7) is 0.570. The lowest BCUT2D eigenvalue weighted by molar-refractivity contribution is 0.0686. The molecule has 4 rings (SSSR count). The Bertz CT molecular complexity index is 1340. The number of rotatable bonds is 10. The van der Waals surface area contributed by atoms with Crippen molar-refractivity contribution in [1.29, 1.82) is 0 Å². The van der Waals surface area contributed by atoms with Crippen LogP contribution in [0.15, 0.2) is 97.1 Å². The van der Waals surface area contributed by atoms with Crippen molar-refractivity contribution in [3.05, 3.63) is 119 Å². The highest BCUT2D eigenvalue weighted by Gasteiger charge is 2.06. The van der Waals surface area contributed by atoms with Crippen LogP contribution in [0.25, 0.3) is 11.1 Å². The molecule has 204 valence electrons. The summed E-state index contributed by atoms with van der Waals surface area (Å²) >= 11 is 0. The average Bonchev–Trinajstić information content (AvgIpc) is 2.96. The molecule has 4 aromatic carbocycles. The summed E-state index contributed by atoms with van der Waals surface area (Å²) in [5, 5.41) is 35.1. The van der Waals surface area contributed by atoms with E-state index in [9.17, 15) is 19.2 Å². The Morgan fingerprint density at radius 1 is 0.400 bits per heavy atom. The first-order valence-corrected chi connectivity index (χ1v) is 11.7. The molecule has 0 bridgehead atoms. The lowest BCUT2D eigenvalue weighted by Gasteiger charge is -2.08. The third-order valence-corrected chi connectivity index (χ3v) is 5.42. The van der Waals surface area contributed by atoms with Gasteiger partial charge in [0.05, 0.1) is 22.3 Å². The van der Waals surface area contributed by atoms with Crippen LogP contribution in [0.1, 0.15) is 41.4 Å². The van der Waals surface area contributed by atoms with E-state index in [0.29, 0.717) is 11.5 Å². The number of hydrogen-bond acceptors (Lipinski definition) is 6. The predicted octanol–water partition coefficient (Wildman–Crippen LogP) is 5.29. The third-order valence-electron chi connectivity index (χ3n) is 5.42. The molecule has 0 unspecified atom stereocenters. The molecule has 0 atom stereocenters. The SMILES string of the molecule is O=C(O)c1ccc(-c2ccc(C(=O)O)cc2)cc1.O=C(O)c1ccc(OCCOc2ccc(C(=O)O)cc2)cc1. The van der Waals surface area contributed by atoms with Gasteiger partial charge in [-0.15, -0.1) is 0 Å². The normalized spacial score (nSPS) is 10.0. The zero-order valence-electron chi connectivity index (χ0n) is 20.9. The predicted molar refractivity (Wildman–Crippen MR) is 144 cm³/mol. The first-order chi connectivity index (χ1) is 19.1. The van der Waals surface area contributed by atoms with Crippen molar-refractivity contribution in [3.8, 4) is 22.6 Å². The molecule has 4 aromatic rings. The van der Waals surface area contributed by atoms with Gasteiger partial charge in [0.25, 0.3) is 0 Å². The number of carboxylic acids is 4. The van der Waals surface area contributed by atoms with Crippen molar-refractivity contribution in [1.82, 2.24) is 0 Å². The molecule has 0 amide bonds. The number of hydrogen-bond donors (Lipinski definition) is 4. The number of carbonyl (C=O) groups is 4. The van der Waals surface area contributed by atoms with Gasteiger partial charge in [0.1, 0.15) is 24.7 Å². The zero-order chi connectivity index (χ0) is 29.1. The van der Waals surface area contributed by atoms with Crippen LogP contribution in [0.4, 0.5) is 0 Å². The van der Waals surface area contributed by atoms with Gasteiger partial charge in [-0.25, -0.2) is 19.2 Å². The first kappa shape index (κ1) is 28.9. The summed E-state index contributed by atoms with van der Waals surface area (Å²) in [7, 11) is 0. The van der Waals surface area contributed by atoms with E-state index >= 15 is 0 Å². The van der Waals surface area contributed by atoms with Crippen LogP contribution in [0.3, 0.4) is 0 Å². The van der Waals surface area contributed by atoms with E-state index in [0.717, 1.165) is 11.1 Å². The molecule has 4 N–H and O–H groups in total. The Labute approximate surface area is 228 Å². The van der Waals surface area contributed by atoms with E-state index in [1.165, 1.54) is 48.5 Å². The van der Waals surface area contributed by atoms with E-state index in [1.54, 1.807) is 48.5 Å². The van der Waals surface area contributed by atoms with E-state index in [2.05, 4.69) is 0 Å². The van der Waals surface area contributed by atoms with E-state index in [1.807, 2.05) is 0 Å². The lowest BCUT2D eigenvalue weighted by atomic mass is 10.0. The van der Waals surface area contributed by atoms with Crippen molar-refractivity contribution in [2.24, 2.45) is 0 Å². The Morgan fingerprint density at radius 2 is 0.625 bits per heavy atom. The highest BCUT2D eigenvalue weighted by Crippen LogP contribution is 2.20. The molecular weight excluding hydrogens is 520 g/mol. The minimum atomic E-state index is -0.986. The number of benzene rings is 4. The van der Waals surface area contributed by atoms with Crippen LogP contribution >= 0.6 is 0 Å². The molecule has 0 radical (unpaired) electrons. The van der Waals surface area contributed by atoms with E-state index in [-0.39, 0.29) is 35.5 Å². The topological polar surface area (TPSA) is 168 Å². The molecule has 40 heavy (non-hydrogen) atoms. The van der Waals surface area contributed by atoms with Crippen LogP contribution in [0.5, 0.6) is 11.5 Å². The van der Waals surface area contributed by atoms with Gasteiger partial charge in [-0.3, -0.25) is 0 Å². The smallest absolute Gasteiger partial charge is 0.335 e. The quantitative estimate of drug-likeness (QED) is 0.193. The molecule has 10 nitrogen and oxygen atoms in total. The van der Waals surface area contributed by atoms with Crippen LogP contribution in [-0.2, 0) is 0 Å². The summed E-state index contributed by atoms with van der Waals surface area (Å²) in [4.78, 5) is 42.8. The second kappa shape index (κ2) is 13.8. The standard InChI is InChI=1S/C16H14O6.C14H10O4/c17-15(18)11-1-5-13(6-2-11)21-9-10-22-14-7-3-12(4-8-14)16(19)20;15-13(16)11-5-1-9(2-6-11)10-3-7-12(8-4-10)14(17)18/h1-8H,9-10H2,(H,17,18)(H,19,20);1-8H,(H,15,16)(H,17,18). The molecule has 0 heterocycles. The van der Waals surface area contributed by atoms with E-state index < -0.39 is 23.9 Å². The average molecular weight is 545 g/mol. The summed E-state index contributed by atoms with van der Waals surface area (Å²) in [5.41, 5.74) is 2.53. The fourth-order valence-corrected chi connectivity index (χ4v) is 3.32. The Kier molecular flexibility index (Phi) is 9.96. The molecule has 0 aromatic heterocycles. The van der Waals surface area contributed by atoms with Gasteiger partial charge in [0.2, 0.25) is 0 Å². The Morgan fingerprint density at radius 3 is 0.850 bits per heavy atom. The summed E-state index contributed by atoms with van der Waals surface area (Å²) in [6, 6.07) is 25.0. The summed E-state index contributed by atoms with van der Waals surface area (Å²) in [5.74, 6) is -2.81. The van der Waals surface area contributed by atoms with Crippen LogP contribution in [-0.4, -0.2) is 57.5 Å². The number of aromatic carboxylic acids is 4. The van der Waals surface area contributed by atoms with Crippen LogP contribution in [0, 0.1) is 0 Å². The van der Waals surface area contributed by atoms with Crippen molar-refractivity contribution < 1.29 is 49.1 Å². The van der Waals surface area contributed by atoms with Crippen molar-refractivity contribution >= 4 is 23.9 Å². The zero-order valence-corrected chi connectivity index (χ0v) is 20.9. The molecule has 0 saturated heterocycles. The summed E-state index contributed by atoms with van der Waals surface area (Å²) in [6.07, 6.45) is 0. The lowest BCUT2D eigenvalue weighted by Crippen LogP contribution is -2.09. The molecule has 0 aliphatic carbocycles. The molecule has 0 saturated carbocycles. The van der Waals surface area contributed by atoms with Crippen LogP contribution < -0.4 is 9.47 Å². The largest absolute Gasteiger partial charge is 0.490 e. The van der Waals surface area contributed by atoms with Gasteiger partial charge >= 0.3 is 23.9 Å². The maximum Gasteiger partial charge on any atom is 0.335 e. The van der Waals surface area contributed by atoms with Gasteiger partial charge in [-0.2, -0.15) is 0 Å². The number of ether oxygens (including phenoxy) is 2. The van der Waals surface area contributed by atoms with Gasteiger partial charge in [0.15, 0.2) is 0 Å². The molecule has 0 aliphatic rings. The molecule has 0 spiro atoms. The second-order valence-corrected chi connectivity index (χ2v) is 8.12. The van der Waals surface area contributed by atoms with Gasteiger partial charge in [-0.05, 0) is 83.9 Å². The summed E-state index contributed by atoms with van der Waals surface area (Å²) < 4.78 is 10.8.